The van der Waals surface area contributed by atoms with Crippen molar-refractivity contribution in [2.24, 2.45) is 9.98 Å². The molecule has 1 aromatic heterocycles. The van der Waals surface area contributed by atoms with Gasteiger partial charge in [0.1, 0.15) is 17.3 Å². The summed E-state index contributed by atoms with van der Waals surface area (Å²) in [5, 5.41) is 19.6. The summed E-state index contributed by atoms with van der Waals surface area (Å²) in [7, 11) is -1.40. The summed E-state index contributed by atoms with van der Waals surface area (Å²) in [4.78, 5) is 9.95. The Morgan fingerprint density at radius 3 is 1.82 bits per heavy atom. The molecule has 2 N–H and O–H groups in total. The number of aromatic hydroxyl groups is 2. The van der Waals surface area contributed by atoms with Gasteiger partial charge in [-0.3, -0.25) is 0 Å². The van der Waals surface area contributed by atoms with Crippen LogP contribution in [0.25, 0.3) is 28.0 Å². The summed E-state index contributed by atoms with van der Waals surface area (Å²) in [6, 6.07) is 35.1. The highest BCUT2D eigenvalue weighted by atomic mass is 19.1. The number of nitrogens with zero attached hydrogens (tertiary/aromatic N) is 3. The summed E-state index contributed by atoms with van der Waals surface area (Å²) in [5.74, 6) is 1.21. The van der Waals surface area contributed by atoms with E-state index >= 15 is 4.32 Å². The number of hydrogen-bond acceptors (Lipinski definition) is 3. The summed E-state index contributed by atoms with van der Waals surface area (Å²) in [6.45, 7) is 1.48. The van der Waals surface area contributed by atoms with Gasteiger partial charge in [-0.1, -0.05) is 60.7 Å². The van der Waals surface area contributed by atoms with E-state index in [0.29, 0.717) is 23.1 Å². The fourth-order valence-corrected chi connectivity index (χ4v) is 4.88. The fraction of sp³-hybridized carbons (Fsp3) is 0.0303. The maximum Gasteiger partial charge on any atom is 0.463 e. The van der Waals surface area contributed by atoms with Crippen molar-refractivity contribution < 1.29 is 14.5 Å². The van der Waals surface area contributed by atoms with Crippen LogP contribution < -0.4 is 0 Å². The zero-order valence-electron chi connectivity index (χ0n) is 21.7. The molecule has 6 rings (SSSR count). The highest BCUT2D eigenvalue weighted by Crippen LogP contribution is 2.40. The largest absolute Gasteiger partial charge is 0.508 e. The van der Waals surface area contributed by atoms with Gasteiger partial charge in [-0.25, -0.2) is 9.98 Å². The van der Waals surface area contributed by atoms with E-state index in [-0.39, 0.29) is 11.5 Å². The van der Waals surface area contributed by atoms with Gasteiger partial charge in [0.05, 0.1) is 5.71 Å². The van der Waals surface area contributed by atoms with Crippen LogP contribution in [-0.2, 0) is 0 Å². The topological polar surface area (TPSA) is 70.1 Å². The van der Waals surface area contributed by atoms with Crippen LogP contribution >= 0.6 is 0 Å². The molecule has 0 aliphatic carbocycles. The molecular formula is C33H25BFN3O2. The first-order valence-electron chi connectivity index (χ1n) is 13.0. The molecule has 4 aromatic carbocycles. The molecule has 1 aliphatic heterocycles. The molecule has 0 unspecified atom stereocenters. The first kappa shape index (κ1) is 25.1. The van der Waals surface area contributed by atoms with Crippen molar-refractivity contribution in [1.29, 1.82) is 0 Å². The maximum atomic E-state index is 15.5. The Labute approximate surface area is 232 Å². The second-order valence-corrected chi connectivity index (χ2v) is 9.53. The summed E-state index contributed by atoms with van der Waals surface area (Å²) < 4.78 is 17.1. The van der Waals surface area contributed by atoms with Gasteiger partial charge in [0.15, 0.2) is 5.84 Å². The SMILES string of the molecule is CB(F)n1c(-c2ccc(O)cc2)cc(-c2ccccc2)c1N=C1N=C(c2ccc(O)cc2)C=C1c1ccccc1. The van der Waals surface area contributed by atoms with Crippen LogP contribution in [0.3, 0.4) is 0 Å². The Morgan fingerprint density at radius 2 is 1.25 bits per heavy atom. The third-order valence-corrected chi connectivity index (χ3v) is 6.82. The summed E-state index contributed by atoms with van der Waals surface area (Å²) in [5.41, 5.74) is 6.33. The van der Waals surface area contributed by atoms with Crippen LogP contribution in [0.1, 0.15) is 11.1 Å². The first-order valence-corrected chi connectivity index (χ1v) is 13.0. The van der Waals surface area contributed by atoms with Gasteiger partial charge in [-0.15, -0.1) is 0 Å². The van der Waals surface area contributed by atoms with Gasteiger partial charge in [0.2, 0.25) is 0 Å². The van der Waals surface area contributed by atoms with Crippen LogP contribution in [0.2, 0.25) is 6.82 Å². The lowest BCUT2D eigenvalue weighted by molar-refractivity contribution is 0.475. The lowest BCUT2D eigenvalue weighted by atomic mass is 9.90. The lowest BCUT2D eigenvalue weighted by Crippen LogP contribution is -2.15. The second-order valence-electron chi connectivity index (χ2n) is 9.53. The van der Waals surface area contributed by atoms with Crippen molar-refractivity contribution >= 4 is 30.1 Å². The summed E-state index contributed by atoms with van der Waals surface area (Å²) >= 11 is 0. The minimum atomic E-state index is -1.40. The molecule has 0 amide bonds. The third kappa shape index (κ3) is 4.85. The minimum absolute atomic E-state index is 0.138. The van der Waals surface area contributed by atoms with Gasteiger partial charge in [-0.2, -0.15) is 0 Å². The van der Waals surface area contributed by atoms with Crippen LogP contribution in [-0.4, -0.2) is 33.4 Å². The standard InChI is InChI=1S/C33H25BFN3O2/c1-34(35)38-31(25-14-18-27(40)19-15-25)21-29(23-10-6-3-7-11-23)33(38)37-32-28(22-8-4-2-5-9-22)20-30(36-32)24-12-16-26(39)17-13-24/h2-21,39-40H,1H3. The van der Waals surface area contributed by atoms with Crippen LogP contribution in [0.4, 0.5) is 10.1 Å². The van der Waals surface area contributed by atoms with Crippen molar-refractivity contribution in [2.75, 3.05) is 0 Å². The van der Waals surface area contributed by atoms with E-state index in [1.807, 2.05) is 72.8 Å². The molecule has 5 aromatic rings. The molecule has 7 heteroatoms. The van der Waals surface area contributed by atoms with E-state index in [1.54, 1.807) is 53.0 Å². The van der Waals surface area contributed by atoms with E-state index in [1.165, 1.54) is 6.82 Å². The predicted octanol–water partition coefficient (Wildman–Crippen LogP) is 7.79. The van der Waals surface area contributed by atoms with Gasteiger partial charge < -0.3 is 19.0 Å². The Kier molecular flexibility index (Phi) is 6.62. The third-order valence-electron chi connectivity index (χ3n) is 6.82. The van der Waals surface area contributed by atoms with Gasteiger partial charge >= 0.3 is 7.12 Å². The molecule has 0 atom stereocenters. The average molecular weight is 525 g/mol. The quantitative estimate of drug-likeness (QED) is 0.222. The molecule has 194 valence electrons. The molecule has 0 fully saturated rings. The van der Waals surface area contributed by atoms with Crippen LogP contribution in [0.5, 0.6) is 11.5 Å². The number of phenols is 2. The van der Waals surface area contributed by atoms with Crippen molar-refractivity contribution in [2.45, 2.75) is 6.82 Å². The van der Waals surface area contributed by atoms with E-state index in [4.69, 9.17) is 9.98 Å². The Bertz CT molecular complexity index is 1760. The Hall–Kier alpha value is -5.17. The van der Waals surface area contributed by atoms with Gasteiger partial charge in [0, 0.05) is 22.4 Å². The number of benzene rings is 4. The number of amidine groups is 1. The number of hydrogen-bond donors (Lipinski definition) is 2. The van der Waals surface area contributed by atoms with E-state index < -0.39 is 7.12 Å². The molecule has 0 bridgehead atoms. The minimum Gasteiger partial charge on any atom is -0.508 e. The van der Waals surface area contributed by atoms with E-state index in [9.17, 15) is 10.2 Å². The first-order chi connectivity index (χ1) is 19.5. The molecule has 0 radical (unpaired) electrons. The van der Waals surface area contributed by atoms with Crippen LogP contribution in [0.15, 0.2) is 131 Å². The molecule has 2 heterocycles. The predicted molar refractivity (Wildman–Crippen MR) is 161 cm³/mol. The number of aromatic nitrogens is 1. The van der Waals surface area contributed by atoms with Crippen molar-refractivity contribution in [3.8, 4) is 33.9 Å². The molecule has 0 saturated carbocycles. The van der Waals surface area contributed by atoms with E-state index in [0.717, 1.165) is 33.4 Å². The summed E-state index contributed by atoms with van der Waals surface area (Å²) in [6.07, 6.45) is 1.97. The molecule has 5 nitrogen and oxygen atoms in total. The molecule has 0 saturated heterocycles. The van der Waals surface area contributed by atoms with Crippen molar-refractivity contribution in [3.05, 3.63) is 132 Å². The maximum absolute atomic E-state index is 15.5. The highest BCUT2D eigenvalue weighted by Gasteiger charge is 2.26. The molecular weight excluding hydrogens is 500 g/mol. The number of allylic oxidation sites excluding steroid dienone is 1. The van der Waals surface area contributed by atoms with E-state index in [2.05, 4.69) is 0 Å². The molecule has 0 spiro atoms. The number of phenolic OH excluding ortho intramolecular Hbond substituents is 2. The number of halogens is 1. The number of rotatable bonds is 6. The fourth-order valence-electron chi connectivity index (χ4n) is 4.88. The molecule has 1 aliphatic rings. The van der Waals surface area contributed by atoms with Gasteiger partial charge in [0.25, 0.3) is 0 Å². The Balaban J connectivity index is 1.59. The number of aliphatic imine (C=N–C) groups is 2. The highest BCUT2D eigenvalue weighted by molar-refractivity contribution is 6.49. The monoisotopic (exact) mass is 525 g/mol. The average Bonchev–Trinajstić information content (AvgIpc) is 3.57. The zero-order chi connectivity index (χ0) is 27.6. The zero-order valence-corrected chi connectivity index (χ0v) is 21.7. The lowest BCUT2D eigenvalue weighted by Gasteiger charge is -2.12. The second kappa shape index (κ2) is 10.5. The molecule has 40 heavy (non-hydrogen) atoms. The Morgan fingerprint density at radius 1 is 0.700 bits per heavy atom. The van der Waals surface area contributed by atoms with Crippen molar-refractivity contribution in [1.82, 2.24) is 4.48 Å². The normalized spacial score (nSPS) is 13.8. The van der Waals surface area contributed by atoms with Crippen molar-refractivity contribution in [3.63, 3.8) is 0 Å². The van der Waals surface area contributed by atoms with Gasteiger partial charge in [-0.05, 0) is 84.2 Å². The van der Waals surface area contributed by atoms with Crippen LogP contribution in [0, 0.1) is 0 Å². The smallest absolute Gasteiger partial charge is 0.463 e.